The lowest BCUT2D eigenvalue weighted by molar-refractivity contribution is -0.145. The van der Waals surface area contributed by atoms with Crippen LogP contribution in [-0.4, -0.2) is 33.8 Å². The second kappa shape index (κ2) is 5.50. The fourth-order valence-electron chi connectivity index (χ4n) is 2.23. The molecular formula is C14H16FN3O2S. The van der Waals surface area contributed by atoms with Crippen LogP contribution in [0.1, 0.15) is 25.0 Å². The Morgan fingerprint density at radius 3 is 2.76 bits per heavy atom. The zero-order valence-electron chi connectivity index (χ0n) is 11.8. The summed E-state index contributed by atoms with van der Waals surface area (Å²) in [5.41, 5.74) is 5.85. The van der Waals surface area contributed by atoms with E-state index in [0.717, 1.165) is 0 Å². The van der Waals surface area contributed by atoms with Crippen LogP contribution in [0.15, 0.2) is 18.2 Å². The molecule has 0 aliphatic carbocycles. The highest BCUT2D eigenvalue weighted by Gasteiger charge is 2.40. The summed E-state index contributed by atoms with van der Waals surface area (Å²) in [4.78, 5) is 25.3. The Labute approximate surface area is 127 Å². The van der Waals surface area contributed by atoms with Crippen LogP contribution >= 0.6 is 12.2 Å². The van der Waals surface area contributed by atoms with E-state index in [-0.39, 0.29) is 29.9 Å². The molecule has 1 fully saturated rings. The fourth-order valence-corrected chi connectivity index (χ4v) is 2.43. The summed E-state index contributed by atoms with van der Waals surface area (Å²) in [7, 11) is 0. The summed E-state index contributed by atoms with van der Waals surface area (Å²) >= 11 is 4.95. The second-order valence-corrected chi connectivity index (χ2v) is 5.90. The molecule has 7 heteroatoms. The summed E-state index contributed by atoms with van der Waals surface area (Å²) in [5, 5.41) is 2.29. The number of nitrogens with two attached hydrogens (primary N) is 1. The van der Waals surface area contributed by atoms with Gasteiger partial charge in [0.2, 0.25) is 11.8 Å². The maximum absolute atomic E-state index is 13.5. The van der Waals surface area contributed by atoms with Crippen molar-refractivity contribution in [1.29, 1.82) is 0 Å². The Kier molecular flexibility index (Phi) is 4.06. The number of thiocarbonyl (C=S) groups is 1. The predicted molar refractivity (Wildman–Crippen MR) is 79.9 cm³/mol. The third kappa shape index (κ3) is 3.08. The van der Waals surface area contributed by atoms with Crippen molar-refractivity contribution >= 4 is 29.0 Å². The molecule has 1 heterocycles. The third-order valence-electron chi connectivity index (χ3n) is 3.63. The number of amides is 2. The monoisotopic (exact) mass is 309 g/mol. The first kappa shape index (κ1) is 15.5. The minimum Gasteiger partial charge on any atom is -0.389 e. The fraction of sp³-hybridized carbons (Fsp3) is 0.357. The van der Waals surface area contributed by atoms with Gasteiger partial charge in [0, 0.05) is 12.1 Å². The SMILES string of the molecule is CC1(C)C(=O)NC(=O)CN1Cc1cc(F)ccc1C(N)=S. The van der Waals surface area contributed by atoms with Crippen molar-refractivity contribution in [2.24, 2.45) is 5.73 Å². The van der Waals surface area contributed by atoms with Crippen LogP contribution in [0.4, 0.5) is 4.39 Å². The normalized spacial score (nSPS) is 18.4. The Hall–Kier alpha value is -1.86. The van der Waals surface area contributed by atoms with Gasteiger partial charge in [-0.15, -0.1) is 0 Å². The van der Waals surface area contributed by atoms with E-state index in [9.17, 15) is 14.0 Å². The number of hydrogen-bond acceptors (Lipinski definition) is 4. The second-order valence-electron chi connectivity index (χ2n) is 5.46. The van der Waals surface area contributed by atoms with Gasteiger partial charge in [-0.05, 0) is 37.6 Å². The number of nitrogens with one attached hydrogen (secondary N) is 1. The van der Waals surface area contributed by atoms with Gasteiger partial charge in [-0.25, -0.2) is 4.39 Å². The van der Waals surface area contributed by atoms with E-state index in [1.807, 2.05) is 0 Å². The Morgan fingerprint density at radius 1 is 1.48 bits per heavy atom. The molecule has 1 aliphatic rings. The lowest BCUT2D eigenvalue weighted by Crippen LogP contribution is -2.63. The van der Waals surface area contributed by atoms with Gasteiger partial charge < -0.3 is 5.73 Å². The lowest BCUT2D eigenvalue weighted by Gasteiger charge is -2.40. The van der Waals surface area contributed by atoms with E-state index in [0.29, 0.717) is 11.1 Å². The minimum absolute atomic E-state index is 0.0476. The number of piperazine rings is 1. The first-order valence-electron chi connectivity index (χ1n) is 6.39. The largest absolute Gasteiger partial charge is 0.389 e. The topological polar surface area (TPSA) is 75.4 Å². The number of benzene rings is 1. The van der Waals surface area contributed by atoms with Crippen LogP contribution in [0.5, 0.6) is 0 Å². The lowest BCUT2D eigenvalue weighted by atomic mass is 9.96. The van der Waals surface area contributed by atoms with Crippen molar-refractivity contribution in [2.75, 3.05) is 6.54 Å². The number of carbonyl (C=O) groups excluding carboxylic acids is 2. The van der Waals surface area contributed by atoms with E-state index < -0.39 is 11.4 Å². The van der Waals surface area contributed by atoms with Gasteiger partial charge in [0.25, 0.3) is 0 Å². The van der Waals surface area contributed by atoms with E-state index in [1.54, 1.807) is 18.7 Å². The van der Waals surface area contributed by atoms with Crippen LogP contribution in [0.25, 0.3) is 0 Å². The molecule has 1 aromatic rings. The van der Waals surface area contributed by atoms with Gasteiger partial charge in [0.05, 0.1) is 12.1 Å². The molecule has 0 aromatic heterocycles. The maximum Gasteiger partial charge on any atom is 0.246 e. The number of carbonyl (C=O) groups is 2. The molecule has 0 spiro atoms. The minimum atomic E-state index is -0.881. The Morgan fingerprint density at radius 2 is 2.14 bits per heavy atom. The summed E-state index contributed by atoms with van der Waals surface area (Å²) in [5.74, 6) is -1.18. The van der Waals surface area contributed by atoms with Crippen molar-refractivity contribution in [2.45, 2.75) is 25.9 Å². The molecule has 0 bridgehead atoms. The van der Waals surface area contributed by atoms with Gasteiger partial charge in [0.1, 0.15) is 10.8 Å². The molecule has 3 N–H and O–H groups in total. The standard InChI is InChI=1S/C14H16FN3O2S/c1-14(2)13(20)17-11(19)7-18(14)6-8-5-9(15)3-4-10(8)12(16)21/h3-5H,6-7H2,1-2H3,(H2,16,21)(H,17,19,20). The molecule has 1 saturated heterocycles. The zero-order chi connectivity index (χ0) is 15.8. The van der Waals surface area contributed by atoms with Crippen molar-refractivity contribution in [3.63, 3.8) is 0 Å². The summed E-state index contributed by atoms with van der Waals surface area (Å²) in [6.45, 7) is 3.66. The van der Waals surface area contributed by atoms with Crippen LogP contribution < -0.4 is 11.1 Å². The zero-order valence-corrected chi connectivity index (χ0v) is 12.6. The molecule has 0 radical (unpaired) electrons. The molecule has 0 atom stereocenters. The Balaban J connectivity index is 2.36. The highest BCUT2D eigenvalue weighted by atomic mass is 32.1. The number of halogens is 1. The van der Waals surface area contributed by atoms with Gasteiger partial charge in [0.15, 0.2) is 0 Å². The maximum atomic E-state index is 13.5. The predicted octanol–water partition coefficient (Wildman–Crippen LogP) is 0.697. The first-order chi connectivity index (χ1) is 9.71. The molecule has 0 saturated carbocycles. The molecule has 5 nitrogen and oxygen atoms in total. The summed E-state index contributed by atoms with van der Waals surface area (Å²) < 4.78 is 13.5. The average Bonchev–Trinajstić information content (AvgIpc) is 2.35. The van der Waals surface area contributed by atoms with E-state index in [2.05, 4.69) is 5.32 Å². The van der Waals surface area contributed by atoms with Crippen molar-refractivity contribution in [1.82, 2.24) is 10.2 Å². The highest BCUT2D eigenvalue weighted by molar-refractivity contribution is 7.80. The number of imide groups is 1. The van der Waals surface area contributed by atoms with Gasteiger partial charge >= 0.3 is 0 Å². The van der Waals surface area contributed by atoms with Gasteiger partial charge in [-0.3, -0.25) is 19.8 Å². The van der Waals surface area contributed by atoms with E-state index in [4.69, 9.17) is 18.0 Å². The Bertz CT molecular complexity index is 631. The quantitative estimate of drug-likeness (QED) is 0.635. The number of nitrogens with zero attached hydrogens (tertiary/aromatic N) is 1. The number of hydrogen-bond donors (Lipinski definition) is 2. The molecule has 112 valence electrons. The molecule has 1 aromatic carbocycles. The molecule has 2 rings (SSSR count). The van der Waals surface area contributed by atoms with E-state index >= 15 is 0 Å². The van der Waals surface area contributed by atoms with Crippen LogP contribution in [0.3, 0.4) is 0 Å². The third-order valence-corrected chi connectivity index (χ3v) is 3.85. The van der Waals surface area contributed by atoms with E-state index in [1.165, 1.54) is 18.2 Å². The molecule has 2 amide bonds. The summed E-state index contributed by atoms with van der Waals surface area (Å²) in [6.07, 6.45) is 0. The van der Waals surface area contributed by atoms with Gasteiger partial charge in [-0.2, -0.15) is 0 Å². The molecular weight excluding hydrogens is 293 g/mol. The van der Waals surface area contributed by atoms with Gasteiger partial charge in [-0.1, -0.05) is 12.2 Å². The average molecular weight is 309 g/mol. The molecule has 1 aliphatic heterocycles. The first-order valence-corrected chi connectivity index (χ1v) is 6.80. The molecule has 0 unspecified atom stereocenters. The van der Waals surface area contributed by atoms with Crippen molar-refractivity contribution in [3.8, 4) is 0 Å². The number of rotatable bonds is 3. The highest BCUT2D eigenvalue weighted by Crippen LogP contribution is 2.23. The summed E-state index contributed by atoms with van der Waals surface area (Å²) in [6, 6.07) is 4.10. The van der Waals surface area contributed by atoms with Crippen molar-refractivity contribution < 1.29 is 14.0 Å². The van der Waals surface area contributed by atoms with Crippen LogP contribution in [0, 0.1) is 5.82 Å². The smallest absolute Gasteiger partial charge is 0.246 e. The molecule has 21 heavy (non-hydrogen) atoms. The van der Waals surface area contributed by atoms with Crippen LogP contribution in [0.2, 0.25) is 0 Å². The van der Waals surface area contributed by atoms with Crippen molar-refractivity contribution in [3.05, 3.63) is 35.1 Å². The van der Waals surface area contributed by atoms with Crippen LogP contribution in [-0.2, 0) is 16.1 Å².